The molecule has 0 radical (unpaired) electrons. The predicted molar refractivity (Wildman–Crippen MR) is 151 cm³/mol. The molecular formula is C25H35N8O6P. The monoisotopic (exact) mass is 574 g/mol. The van der Waals surface area contributed by atoms with Gasteiger partial charge in [0.25, 0.3) is 5.91 Å². The molecule has 0 saturated carbocycles. The number of nitrogens with zero attached hydrogens (tertiary/aromatic N) is 5. The van der Waals surface area contributed by atoms with Crippen LogP contribution in [0, 0.1) is 0 Å². The van der Waals surface area contributed by atoms with E-state index in [1.54, 1.807) is 44.3 Å². The van der Waals surface area contributed by atoms with Crippen molar-refractivity contribution in [1.82, 2.24) is 25.3 Å². The number of amides is 1. The fourth-order valence-electron chi connectivity index (χ4n) is 3.97. The number of hydrogen-bond acceptors (Lipinski definition) is 12. The summed E-state index contributed by atoms with van der Waals surface area (Å²) in [6.07, 6.45) is 2.80. The smallest absolute Gasteiger partial charge is 0.330 e. The number of fused-ring (bicyclic) bond motifs is 1. The van der Waals surface area contributed by atoms with E-state index in [0.29, 0.717) is 41.8 Å². The second-order valence-corrected chi connectivity index (χ2v) is 11.1. The number of carbonyl (C=O) groups is 2. The molecule has 0 aliphatic carbocycles. The number of nitrogens with two attached hydrogens (primary N) is 2. The number of nitrogens with one attached hydrogen (secondary N) is 1. The zero-order chi connectivity index (χ0) is 29.3. The van der Waals surface area contributed by atoms with Gasteiger partial charge in [0, 0.05) is 18.3 Å². The molecule has 14 nitrogen and oxygen atoms in total. The van der Waals surface area contributed by atoms with E-state index < -0.39 is 25.5 Å². The first-order valence-electron chi connectivity index (χ1n) is 12.8. The second-order valence-electron chi connectivity index (χ2n) is 8.93. The highest BCUT2D eigenvalue weighted by Gasteiger charge is 2.25. The number of aliphatic carboxylic acids is 1. The van der Waals surface area contributed by atoms with Crippen LogP contribution in [0.2, 0.25) is 0 Å². The van der Waals surface area contributed by atoms with Gasteiger partial charge >= 0.3 is 13.6 Å². The average Bonchev–Trinajstić information content (AvgIpc) is 2.90. The zero-order valence-electron chi connectivity index (χ0n) is 22.7. The third-order valence-corrected chi connectivity index (χ3v) is 8.07. The molecule has 15 heteroatoms. The summed E-state index contributed by atoms with van der Waals surface area (Å²) in [6.45, 7) is 4.37. The third-order valence-electron chi connectivity index (χ3n) is 5.90. The van der Waals surface area contributed by atoms with Gasteiger partial charge in [-0.25, -0.2) is 14.8 Å². The molecule has 0 spiro atoms. The number of unbranched alkanes of at least 4 members (excludes halogenated alkanes) is 1. The minimum absolute atomic E-state index is 0.0227. The predicted octanol–water partition coefficient (Wildman–Crippen LogP) is 2.84. The van der Waals surface area contributed by atoms with Gasteiger partial charge in [-0.2, -0.15) is 9.97 Å². The average molecular weight is 575 g/mol. The molecule has 2 aromatic heterocycles. The topological polar surface area (TPSA) is 209 Å². The normalized spacial score (nSPS) is 12.3. The lowest BCUT2D eigenvalue weighted by Gasteiger charge is -2.20. The third kappa shape index (κ3) is 8.31. The lowest BCUT2D eigenvalue weighted by molar-refractivity contribution is -0.139. The van der Waals surface area contributed by atoms with E-state index in [-0.39, 0.29) is 37.6 Å². The minimum atomic E-state index is -3.19. The summed E-state index contributed by atoms with van der Waals surface area (Å²) in [6, 6.07) is 5.63. The number of rotatable bonds is 15. The lowest BCUT2D eigenvalue weighted by atomic mass is 10.1. The summed E-state index contributed by atoms with van der Waals surface area (Å²) in [5.41, 5.74) is 13.9. The maximum Gasteiger partial charge on any atom is 0.330 e. The zero-order valence-corrected chi connectivity index (χ0v) is 23.6. The van der Waals surface area contributed by atoms with Crippen LogP contribution in [0.3, 0.4) is 0 Å². The molecule has 1 atom stereocenters. The van der Waals surface area contributed by atoms with Crippen molar-refractivity contribution in [2.45, 2.75) is 45.7 Å². The molecule has 0 fully saturated rings. The van der Waals surface area contributed by atoms with Gasteiger partial charge in [-0.3, -0.25) is 9.36 Å². The number of nitrogen functional groups attached to an aromatic ring is 2. The summed E-state index contributed by atoms with van der Waals surface area (Å²) in [5.74, 6) is -1.49. The summed E-state index contributed by atoms with van der Waals surface area (Å²) in [4.78, 5) is 43.1. The maximum atomic E-state index is 12.8. The fourth-order valence-corrected chi connectivity index (χ4v) is 5.70. The van der Waals surface area contributed by atoms with E-state index >= 15 is 0 Å². The van der Waals surface area contributed by atoms with Crippen LogP contribution < -0.4 is 21.7 Å². The molecule has 6 N–H and O–H groups in total. The van der Waals surface area contributed by atoms with Crippen molar-refractivity contribution in [2.75, 3.05) is 42.8 Å². The second kappa shape index (κ2) is 14.0. The molecule has 3 aromatic rings. The first-order valence-corrected chi connectivity index (χ1v) is 14.6. The number of carboxylic acid groups (broad SMARTS) is 1. The van der Waals surface area contributed by atoms with Crippen LogP contribution in [-0.4, -0.2) is 69.4 Å². The summed E-state index contributed by atoms with van der Waals surface area (Å²) < 4.78 is 23.1. The van der Waals surface area contributed by atoms with Crippen molar-refractivity contribution in [3.63, 3.8) is 0 Å². The van der Waals surface area contributed by atoms with Gasteiger partial charge < -0.3 is 35.8 Å². The Morgan fingerprint density at radius 3 is 2.38 bits per heavy atom. The van der Waals surface area contributed by atoms with Crippen molar-refractivity contribution in [2.24, 2.45) is 0 Å². The number of hydrogen-bond donors (Lipinski definition) is 4. The van der Waals surface area contributed by atoms with Crippen LogP contribution in [0.25, 0.3) is 11.2 Å². The Morgan fingerprint density at radius 2 is 1.75 bits per heavy atom. The molecule has 0 aliphatic rings. The number of carboxylic acids is 1. The molecule has 40 heavy (non-hydrogen) atoms. The first kappa shape index (κ1) is 30.7. The van der Waals surface area contributed by atoms with E-state index in [4.69, 9.17) is 20.5 Å². The van der Waals surface area contributed by atoms with Gasteiger partial charge in [0.05, 0.1) is 37.8 Å². The number of benzene rings is 1. The van der Waals surface area contributed by atoms with Crippen LogP contribution >= 0.6 is 7.60 Å². The standard InChI is InChI=1S/C25H35N8O6P/c1-4-38-40(37,39-5-2)13-7-6-8-19(24(35)36)30-23(34)16-9-11-18(12-10-16)33(3)15-17-14-28-22-20(29-17)21(26)31-25(27)32-22/h9-12,14,19H,4-8,13,15H2,1-3H3,(H,30,34)(H,35,36)(H4,26,27,28,31,32)/t19-/m0/s1. The van der Waals surface area contributed by atoms with E-state index in [9.17, 15) is 19.3 Å². The van der Waals surface area contributed by atoms with Gasteiger partial charge in [-0.15, -0.1) is 0 Å². The Kier molecular flexibility index (Phi) is 10.7. The molecular weight excluding hydrogens is 539 g/mol. The van der Waals surface area contributed by atoms with Gasteiger partial charge in [0.15, 0.2) is 17.0 Å². The van der Waals surface area contributed by atoms with Crippen LogP contribution in [0.4, 0.5) is 17.5 Å². The molecule has 216 valence electrons. The highest BCUT2D eigenvalue weighted by atomic mass is 31.2. The molecule has 1 amide bonds. The quantitative estimate of drug-likeness (QED) is 0.152. The van der Waals surface area contributed by atoms with E-state index in [1.165, 1.54) is 0 Å². The van der Waals surface area contributed by atoms with Crippen LogP contribution in [0.1, 0.15) is 49.2 Å². The fraction of sp³-hybridized carbons (Fsp3) is 0.440. The van der Waals surface area contributed by atoms with Crippen LogP contribution in [-0.2, 0) is 25.0 Å². The molecule has 0 saturated heterocycles. The van der Waals surface area contributed by atoms with Gasteiger partial charge in [-0.1, -0.05) is 6.42 Å². The van der Waals surface area contributed by atoms with Crippen molar-refractivity contribution < 1.29 is 28.3 Å². The molecule has 0 unspecified atom stereocenters. The highest BCUT2D eigenvalue weighted by molar-refractivity contribution is 7.53. The molecule has 1 aromatic carbocycles. The highest BCUT2D eigenvalue weighted by Crippen LogP contribution is 2.48. The van der Waals surface area contributed by atoms with E-state index in [2.05, 4.69) is 25.3 Å². The number of carbonyl (C=O) groups excluding carboxylic acids is 1. The summed E-state index contributed by atoms with van der Waals surface area (Å²) in [7, 11) is -1.34. The van der Waals surface area contributed by atoms with Gasteiger partial charge in [-0.05, 0) is 51.0 Å². The van der Waals surface area contributed by atoms with Crippen LogP contribution in [0.5, 0.6) is 0 Å². The van der Waals surface area contributed by atoms with E-state index in [0.717, 1.165) is 5.69 Å². The Hall–Kier alpha value is -3.87. The first-order chi connectivity index (χ1) is 19.0. The Balaban J connectivity index is 1.56. The van der Waals surface area contributed by atoms with Crippen molar-refractivity contribution in [3.8, 4) is 0 Å². The van der Waals surface area contributed by atoms with Gasteiger partial charge in [0.1, 0.15) is 6.04 Å². The molecule has 0 aliphatic heterocycles. The Morgan fingerprint density at radius 1 is 1.07 bits per heavy atom. The van der Waals surface area contributed by atoms with Crippen molar-refractivity contribution in [1.29, 1.82) is 0 Å². The summed E-state index contributed by atoms with van der Waals surface area (Å²) in [5, 5.41) is 12.2. The van der Waals surface area contributed by atoms with Gasteiger partial charge in [0.2, 0.25) is 5.95 Å². The Bertz CT molecular complexity index is 1360. The lowest BCUT2D eigenvalue weighted by Crippen LogP contribution is -2.40. The summed E-state index contributed by atoms with van der Waals surface area (Å²) >= 11 is 0. The minimum Gasteiger partial charge on any atom is -0.480 e. The largest absolute Gasteiger partial charge is 0.480 e. The molecule has 2 heterocycles. The Labute approximate surface area is 232 Å². The maximum absolute atomic E-state index is 12.8. The molecule has 0 bridgehead atoms. The van der Waals surface area contributed by atoms with Crippen LogP contribution in [0.15, 0.2) is 30.5 Å². The molecule has 3 rings (SSSR count). The number of aromatic nitrogens is 4. The number of anilines is 3. The SMILES string of the molecule is CCOP(=O)(CCCC[C@H](NC(=O)c1ccc(N(C)Cc2cnc3nc(N)nc(N)c3n2)cc1)C(=O)O)OCC. The van der Waals surface area contributed by atoms with Crippen molar-refractivity contribution in [3.05, 3.63) is 41.7 Å². The van der Waals surface area contributed by atoms with Crippen molar-refractivity contribution >= 4 is 48.1 Å². The van der Waals surface area contributed by atoms with E-state index in [1.807, 2.05) is 11.9 Å².